The van der Waals surface area contributed by atoms with Gasteiger partial charge in [0, 0.05) is 5.66 Å². The van der Waals surface area contributed by atoms with Crippen LogP contribution in [0, 0.1) is 0 Å². The molecular formula is C11H17OP. The summed E-state index contributed by atoms with van der Waals surface area (Å²) in [5.41, 5.74) is 2.05. The van der Waals surface area contributed by atoms with Gasteiger partial charge in [-0.2, -0.15) is 0 Å². The van der Waals surface area contributed by atoms with Gasteiger partial charge in [0.05, 0.1) is 0 Å². The van der Waals surface area contributed by atoms with Crippen molar-refractivity contribution in [1.29, 1.82) is 0 Å². The van der Waals surface area contributed by atoms with Gasteiger partial charge in [-0.3, -0.25) is 0 Å². The zero-order valence-electron chi connectivity index (χ0n) is 8.25. The van der Waals surface area contributed by atoms with Crippen LogP contribution in [0.25, 0.3) is 0 Å². The number of phenols is 1. The van der Waals surface area contributed by atoms with Gasteiger partial charge in [-0.15, -0.1) is 8.58 Å². The van der Waals surface area contributed by atoms with Crippen LogP contribution in [0.2, 0.25) is 0 Å². The smallest absolute Gasteiger partial charge is 0.115 e. The van der Waals surface area contributed by atoms with Crippen molar-refractivity contribution >= 4 is 8.58 Å². The van der Waals surface area contributed by atoms with Gasteiger partial charge in [-0.1, -0.05) is 25.5 Å². The first kappa shape index (κ1) is 10.5. The van der Waals surface area contributed by atoms with Crippen LogP contribution in [-0.4, -0.2) is 11.8 Å². The minimum absolute atomic E-state index is 0.360. The maximum Gasteiger partial charge on any atom is 0.115 e. The molecule has 0 aliphatic heterocycles. The van der Waals surface area contributed by atoms with E-state index >= 15 is 0 Å². The first-order chi connectivity index (χ1) is 6.27. The lowest BCUT2D eigenvalue weighted by molar-refractivity contribution is 0.475. The van der Waals surface area contributed by atoms with E-state index in [4.69, 9.17) is 5.11 Å². The van der Waals surface area contributed by atoms with Crippen molar-refractivity contribution in [1.82, 2.24) is 0 Å². The molecular weight excluding hydrogens is 179 g/mol. The molecule has 2 heteroatoms. The number of hydrogen-bond acceptors (Lipinski definition) is 1. The van der Waals surface area contributed by atoms with Crippen molar-refractivity contribution in [2.24, 2.45) is 0 Å². The molecule has 1 aromatic rings. The second-order valence-electron chi connectivity index (χ2n) is 3.22. The highest BCUT2D eigenvalue weighted by atomic mass is 31.1. The minimum atomic E-state index is 0.360. The standard InChI is InChI=1S/C11H17OP/c1-3-4-11(13-2)9-5-7-10(12)8-6-9/h5-8,11-13H,3-4H2,1-2H3. The van der Waals surface area contributed by atoms with E-state index in [1.165, 1.54) is 18.4 Å². The zero-order chi connectivity index (χ0) is 9.68. The summed E-state index contributed by atoms with van der Waals surface area (Å²) in [6.45, 7) is 4.46. The maximum absolute atomic E-state index is 9.14. The second kappa shape index (κ2) is 5.24. The highest BCUT2D eigenvalue weighted by molar-refractivity contribution is 7.37. The van der Waals surface area contributed by atoms with E-state index in [1.807, 2.05) is 12.1 Å². The molecule has 72 valence electrons. The molecule has 0 saturated heterocycles. The average molecular weight is 196 g/mol. The topological polar surface area (TPSA) is 20.2 Å². The first-order valence-corrected chi connectivity index (χ1v) is 6.32. The van der Waals surface area contributed by atoms with E-state index in [-0.39, 0.29) is 0 Å². The van der Waals surface area contributed by atoms with Gasteiger partial charge < -0.3 is 5.11 Å². The average Bonchev–Trinajstić information content (AvgIpc) is 2.16. The molecule has 13 heavy (non-hydrogen) atoms. The summed E-state index contributed by atoms with van der Waals surface area (Å²) < 4.78 is 0. The fraction of sp³-hybridized carbons (Fsp3) is 0.455. The summed E-state index contributed by atoms with van der Waals surface area (Å²) in [7, 11) is 0.948. The number of rotatable bonds is 4. The fourth-order valence-electron chi connectivity index (χ4n) is 1.47. The van der Waals surface area contributed by atoms with Crippen molar-refractivity contribution in [2.45, 2.75) is 25.4 Å². The Balaban J connectivity index is 2.73. The third-order valence-electron chi connectivity index (χ3n) is 2.22. The zero-order valence-corrected chi connectivity index (χ0v) is 9.25. The van der Waals surface area contributed by atoms with Gasteiger partial charge in [-0.25, -0.2) is 0 Å². The monoisotopic (exact) mass is 196 g/mol. The van der Waals surface area contributed by atoms with Gasteiger partial charge in [0.1, 0.15) is 5.75 Å². The van der Waals surface area contributed by atoms with Gasteiger partial charge in [0.2, 0.25) is 0 Å². The van der Waals surface area contributed by atoms with Crippen molar-refractivity contribution in [3.8, 4) is 5.75 Å². The Morgan fingerprint density at radius 2 is 1.92 bits per heavy atom. The van der Waals surface area contributed by atoms with Crippen LogP contribution >= 0.6 is 8.58 Å². The van der Waals surface area contributed by atoms with E-state index in [2.05, 4.69) is 13.6 Å². The Morgan fingerprint density at radius 1 is 1.31 bits per heavy atom. The van der Waals surface area contributed by atoms with Gasteiger partial charge in [-0.05, 0) is 30.8 Å². The van der Waals surface area contributed by atoms with Crippen molar-refractivity contribution in [3.05, 3.63) is 29.8 Å². The molecule has 0 bridgehead atoms. The number of hydrogen-bond donors (Lipinski definition) is 1. The molecule has 1 N–H and O–H groups in total. The van der Waals surface area contributed by atoms with Crippen molar-refractivity contribution < 1.29 is 5.11 Å². The molecule has 0 heterocycles. The van der Waals surface area contributed by atoms with Crippen LogP contribution in [0.3, 0.4) is 0 Å². The summed E-state index contributed by atoms with van der Waals surface area (Å²) >= 11 is 0. The molecule has 0 radical (unpaired) electrons. The predicted octanol–water partition coefficient (Wildman–Crippen LogP) is 3.54. The summed E-state index contributed by atoms with van der Waals surface area (Å²) in [6, 6.07) is 7.62. The summed E-state index contributed by atoms with van der Waals surface area (Å²) in [6.07, 6.45) is 2.48. The SMILES string of the molecule is CCCC(PC)c1ccc(O)cc1. The van der Waals surface area contributed by atoms with Crippen LogP contribution in [0.4, 0.5) is 0 Å². The van der Waals surface area contributed by atoms with E-state index in [0.717, 1.165) is 8.58 Å². The molecule has 0 aliphatic rings. The minimum Gasteiger partial charge on any atom is -0.508 e. The molecule has 0 aliphatic carbocycles. The lowest BCUT2D eigenvalue weighted by Gasteiger charge is -2.13. The van der Waals surface area contributed by atoms with E-state index in [9.17, 15) is 0 Å². The number of aromatic hydroxyl groups is 1. The molecule has 0 amide bonds. The molecule has 1 rings (SSSR count). The molecule has 2 unspecified atom stereocenters. The highest BCUT2D eigenvalue weighted by Crippen LogP contribution is 2.36. The molecule has 1 nitrogen and oxygen atoms in total. The van der Waals surface area contributed by atoms with Gasteiger partial charge in [0.15, 0.2) is 0 Å². The normalized spacial score (nSPS) is 13.7. The molecule has 2 atom stereocenters. The van der Waals surface area contributed by atoms with Crippen LogP contribution in [0.5, 0.6) is 5.75 Å². The largest absolute Gasteiger partial charge is 0.508 e. The third-order valence-corrected chi connectivity index (χ3v) is 3.54. The highest BCUT2D eigenvalue weighted by Gasteiger charge is 2.07. The summed E-state index contributed by atoms with van der Waals surface area (Å²) in [5.74, 6) is 0.360. The molecule has 0 fully saturated rings. The van der Waals surface area contributed by atoms with Crippen molar-refractivity contribution in [2.75, 3.05) is 6.66 Å². The Hall–Kier alpha value is -0.550. The van der Waals surface area contributed by atoms with Gasteiger partial charge in [0.25, 0.3) is 0 Å². The van der Waals surface area contributed by atoms with Crippen LogP contribution in [0.15, 0.2) is 24.3 Å². The molecule has 1 aromatic carbocycles. The predicted molar refractivity (Wildman–Crippen MR) is 60.0 cm³/mol. The van der Waals surface area contributed by atoms with E-state index < -0.39 is 0 Å². The van der Waals surface area contributed by atoms with Crippen LogP contribution in [-0.2, 0) is 0 Å². The number of phenolic OH excluding ortho intramolecular Hbond substituents is 1. The number of benzene rings is 1. The Morgan fingerprint density at radius 3 is 2.38 bits per heavy atom. The Labute approximate surface area is 82.0 Å². The van der Waals surface area contributed by atoms with Crippen LogP contribution < -0.4 is 0 Å². The lowest BCUT2D eigenvalue weighted by atomic mass is 10.1. The van der Waals surface area contributed by atoms with E-state index in [1.54, 1.807) is 12.1 Å². The Bertz CT molecular complexity index is 243. The van der Waals surface area contributed by atoms with Gasteiger partial charge >= 0.3 is 0 Å². The molecule has 0 aromatic heterocycles. The first-order valence-electron chi connectivity index (χ1n) is 4.74. The van der Waals surface area contributed by atoms with Crippen LogP contribution in [0.1, 0.15) is 31.0 Å². The Kier molecular flexibility index (Phi) is 4.24. The fourth-order valence-corrected chi connectivity index (χ4v) is 2.58. The lowest BCUT2D eigenvalue weighted by Crippen LogP contribution is -1.90. The molecule has 0 spiro atoms. The second-order valence-corrected chi connectivity index (χ2v) is 4.50. The summed E-state index contributed by atoms with van der Waals surface area (Å²) in [5, 5.41) is 9.14. The molecule has 0 saturated carbocycles. The summed E-state index contributed by atoms with van der Waals surface area (Å²) in [4.78, 5) is 0. The van der Waals surface area contributed by atoms with Crippen molar-refractivity contribution in [3.63, 3.8) is 0 Å². The quantitative estimate of drug-likeness (QED) is 0.730. The maximum atomic E-state index is 9.14. The third kappa shape index (κ3) is 3.00. The van der Waals surface area contributed by atoms with E-state index in [0.29, 0.717) is 11.4 Å².